The fourth-order valence-electron chi connectivity index (χ4n) is 1.21. The summed E-state index contributed by atoms with van der Waals surface area (Å²) in [6, 6.07) is 0. The number of hydrogen-bond acceptors (Lipinski definition) is 2. The molecule has 0 spiro atoms. The van der Waals surface area contributed by atoms with E-state index >= 15 is 0 Å². The van der Waals surface area contributed by atoms with Crippen molar-refractivity contribution in [2.75, 3.05) is 5.75 Å². The Bertz CT molecular complexity index is 74.9. The number of aliphatic hydroxyl groups is 1. The molecule has 8 heavy (non-hydrogen) atoms. The molecule has 1 fully saturated rings. The fourth-order valence-corrected chi connectivity index (χ4v) is 1.55. The lowest BCUT2D eigenvalue weighted by molar-refractivity contribution is 0.179. The van der Waals surface area contributed by atoms with Gasteiger partial charge in [0, 0.05) is 0 Å². The number of aliphatic hydroxyl groups excluding tert-OH is 1. The summed E-state index contributed by atoms with van der Waals surface area (Å²) in [5.41, 5.74) is 0. The molecule has 0 bridgehead atoms. The lowest BCUT2D eigenvalue weighted by Crippen LogP contribution is -2.00. The van der Waals surface area contributed by atoms with Gasteiger partial charge < -0.3 is 5.11 Å². The van der Waals surface area contributed by atoms with Crippen LogP contribution in [0.15, 0.2) is 0 Å². The van der Waals surface area contributed by atoms with E-state index in [-0.39, 0.29) is 6.10 Å². The fraction of sp³-hybridized carbons (Fsp3) is 1.00. The van der Waals surface area contributed by atoms with Gasteiger partial charge in [-0.2, -0.15) is 12.6 Å². The van der Waals surface area contributed by atoms with E-state index in [0.29, 0.717) is 5.92 Å². The molecule has 1 rings (SSSR count). The molecule has 2 heteroatoms. The Morgan fingerprint density at radius 3 is 2.50 bits per heavy atom. The average molecular weight is 132 g/mol. The van der Waals surface area contributed by atoms with Crippen LogP contribution in [-0.4, -0.2) is 17.0 Å². The number of rotatable bonds is 1. The van der Waals surface area contributed by atoms with Crippen LogP contribution in [0.3, 0.4) is 0 Å². The van der Waals surface area contributed by atoms with E-state index in [1.54, 1.807) is 0 Å². The maximum absolute atomic E-state index is 9.00. The van der Waals surface area contributed by atoms with Crippen molar-refractivity contribution in [1.29, 1.82) is 0 Å². The molecule has 0 radical (unpaired) electrons. The Hall–Kier alpha value is 0.310. The van der Waals surface area contributed by atoms with Crippen molar-refractivity contribution in [3.05, 3.63) is 0 Å². The second-order valence-corrected chi connectivity index (χ2v) is 2.88. The van der Waals surface area contributed by atoms with Crippen LogP contribution in [0.25, 0.3) is 0 Å². The summed E-state index contributed by atoms with van der Waals surface area (Å²) in [5, 5.41) is 9.00. The minimum atomic E-state index is -0.0212. The summed E-state index contributed by atoms with van der Waals surface area (Å²) in [5.74, 6) is 1.63. The lowest BCUT2D eigenvalue weighted by Gasteiger charge is -2.01. The highest BCUT2D eigenvalue weighted by atomic mass is 32.1. The molecule has 2 atom stereocenters. The molecule has 1 saturated carbocycles. The molecule has 1 aliphatic carbocycles. The Balaban J connectivity index is 2.22. The zero-order valence-corrected chi connectivity index (χ0v) is 5.77. The molecule has 0 aromatic rings. The van der Waals surface area contributed by atoms with E-state index in [1.807, 2.05) is 0 Å². The second-order valence-electron chi connectivity index (χ2n) is 2.52. The molecule has 0 heterocycles. The number of hydrogen-bond donors (Lipinski definition) is 2. The van der Waals surface area contributed by atoms with Gasteiger partial charge >= 0.3 is 0 Å². The first-order chi connectivity index (χ1) is 3.83. The third-order valence-electron chi connectivity index (χ3n) is 1.77. The van der Waals surface area contributed by atoms with Crippen molar-refractivity contribution >= 4 is 12.6 Å². The molecule has 0 aromatic carbocycles. The maximum Gasteiger partial charge on any atom is 0.0543 e. The minimum absolute atomic E-state index is 0.0212. The van der Waals surface area contributed by atoms with E-state index in [4.69, 9.17) is 5.11 Å². The van der Waals surface area contributed by atoms with Gasteiger partial charge in [-0.1, -0.05) is 0 Å². The van der Waals surface area contributed by atoms with Gasteiger partial charge in [0.15, 0.2) is 0 Å². The lowest BCUT2D eigenvalue weighted by atomic mass is 10.1. The molecule has 0 amide bonds. The van der Waals surface area contributed by atoms with Gasteiger partial charge in [0.2, 0.25) is 0 Å². The van der Waals surface area contributed by atoms with Crippen LogP contribution in [0.4, 0.5) is 0 Å². The van der Waals surface area contributed by atoms with Crippen molar-refractivity contribution < 1.29 is 5.11 Å². The summed E-state index contributed by atoms with van der Waals surface area (Å²) in [6.07, 6.45) is 3.12. The largest absolute Gasteiger partial charge is 0.393 e. The topological polar surface area (TPSA) is 20.2 Å². The monoisotopic (exact) mass is 132 g/mol. The first-order valence-electron chi connectivity index (χ1n) is 3.12. The number of thiol groups is 1. The van der Waals surface area contributed by atoms with Crippen LogP contribution in [0.2, 0.25) is 0 Å². The molecule has 1 nitrogen and oxygen atoms in total. The molecule has 48 valence electrons. The molecule has 0 saturated heterocycles. The van der Waals surface area contributed by atoms with Crippen LogP contribution in [0.1, 0.15) is 19.3 Å². The highest BCUT2D eigenvalue weighted by molar-refractivity contribution is 7.80. The molecule has 0 aliphatic heterocycles. The molecule has 1 N–H and O–H groups in total. The van der Waals surface area contributed by atoms with Crippen LogP contribution in [-0.2, 0) is 0 Å². The highest BCUT2D eigenvalue weighted by Gasteiger charge is 2.20. The van der Waals surface area contributed by atoms with Crippen LogP contribution >= 0.6 is 12.6 Å². The summed E-state index contributed by atoms with van der Waals surface area (Å²) < 4.78 is 0. The van der Waals surface area contributed by atoms with Gasteiger partial charge in [-0.15, -0.1) is 0 Å². The van der Waals surface area contributed by atoms with Crippen LogP contribution in [0, 0.1) is 5.92 Å². The van der Waals surface area contributed by atoms with E-state index < -0.39 is 0 Å². The van der Waals surface area contributed by atoms with Crippen molar-refractivity contribution in [3.8, 4) is 0 Å². The van der Waals surface area contributed by atoms with Gasteiger partial charge in [0.25, 0.3) is 0 Å². The van der Waals surface area contributed by atoms with E-state index in [0.717, 1.165) is 18.6 Å². The molecule has 1 aliphatic rings. The minimum Gasteiger partial charge on any atom is -0.393 e. The summed E-state index contributed by atoms with van der Waals surface area (Å²) in [6.45, 7) is 0. The van der Waals surface area contributed by atoms with E-state index in [9.17, 15) is 0 Å². The quantitative estimate of drug-likeness (QED) is 0.511. The Labute approximate surface area is 55.5 Å². The van der Waals surface area contributed by atoms with Crippen LogP contribution in [0.5, 0.6) is 0 Å². The summed E-state index contributed by atoms with van der Waals surface area (Å²) in [4.78, 5) is 0. The standard InChI is InChI=1S/C6H12OS/c7-6-2-1-5(3-6)4-8/h5-8H,1-4H2. The van der Waals surface area contributed by atoms with Gasteiger partial charge in [-0.05, 0) is 30.9 Å². The van der Waals surface area contributed by atoms with Crippen molar-refractivity contribution in [3.63, 3.8) is 0 Å². The first-order valence-corrected chi connectivity index (χ1v) is 3.75. The molecular weight excluding hydrogens is 120 g/mol. The SMILES string of the molecule is OC1CCC(CS)C1. The first kappa shape index (κ1) is 6.43. The third-order valence-corrected chi connectivity index (χ3v) is 2.29. The van der Waals surface area contributed by atoms with Crippen molar-refractivity contribution in [1.82, 2.24) is 0 Å². The van der Waals surface area contributed by atoms with Gasteiger partial charge in [-0.25, -0.2) is 0 Å². The van der Waals surface area contributed by atoms with Gasteiger partial charge in [-0.3, -0.25) is 0 Å². The highest BCUT2D eigenvalue weighted by Crippen LogP contribution is 2.25. The van der Waals surface area contributed by atoms with Crippen molar-refractivity contribution in [2.45, 2.75) is 25.4 Å². The van der Waals surface area contributed by atoms with E-state index in [1.165, 1.54) is 6.42 Å². The molecule has 0 aromatic heterocycles. The smallest absolute Gasteiger partial charge is 0.0543 e. The average Bonchev–Trinajstić information content (AvgIpc) is 2.14. The predicted octanol–water partition coefficient (Wildman–Crippen LogP) is 1.08. The Morgan fingerprint density at radius 1 is 1.50 bits per heavy atom. The second kappa shape index (κ2) is 2.74. The normalized spacial score (nSPS) is 38.2. The molecular formula is C6H12OS. The molecule has 2 unspecified atom stereocenters. The maximum atomic E-state index is 9.00. The summed E-state index contributed by atoms with van der Waals surface area (Å²) >= 11 is 4.15. The Kier molecular flexibility index (Phi) is 2.20. The zero-order chi connectivity index (χ0) is 5.98. The van der Waals surface area contributed by atoms with Gasteiger partial charge in [0.1, 0.15) is 0 Å². The third kappa shape index (κ3) is 1.39. The zero-order valence-electron chi connectivity index (χ0n) is 4.88. The van der Waals surface area contributed by atoms with Crippen molar-refractivity contribution in [2.24, 2.45) is 5.92 Å². The van der Waals surface area contributed by atoms with E-state index in [2.05, 4.69) is 12.6 Å². The van der Waals surface area contributed by atoms with Gasteiger partial charge in [0.05, 0.1) is 6.10 Å². The Morgan fingerprint density at radius 2 is 2.25 bits per heavy atom. The predicted molar refractivity (Wildman–Crippen MR) is 37.2 cm³/mol. The van der Waals surface area contributed by atoms with Crippen LogP contribution < -0.4 is 0 Å². The summed E-state index contributed by atoms with van der Waals surface area (Å²) in [7, 11) is 0.